The summed E-state index contributed by atoms with van der Waals surface area (Å²) < 4.78 is 1.43. The monoisotopic (exact) mass is 247 g/mol. The van der Waals surface area contributed by atoms with Gasteiger partial charge in [-0.3, -0.25) is 4.79 Å². The summed E-state index contributed by atoms with van der Waals surface area (Å²) in [5.74, 6) is 0.214. The van der Waals surface area contributed by atoms with Gasteiger partial charge in [0.25, 0.3) is 0 Å². The summed E-state index contributed by atoms with van der Waals surface area (Å²) in [6.45, 7) is 1.86. The number of phenols is 1. The molecule has 0 saturated carbocycles. The zero-order valence-electron chi connectivity index (χ0n) is 10.1. The molecule has 0 fully saturated rings. The number of benzene rings is 1. The van der Waals surface area contributed by atoms with Gasteiger partial charge >= 0.3 is 0 Å². The number of tetrazole rings is 1. The van der Waals surface area contributed by atoms with E-state index in [0.29, 0.717) is 11.5 Å². The van der Waals surface area contributed by atoms with Crippen LogP contribution >= 0.6 is 0 Å². The van der Waals surface area contributed by atoms with Crippen molar-refractivity contribution in [3.63, 3.8) is 0 Å². The van der Waals surface area contributed by atoms with Crippen LogP contribution in [0.1, 0.15) is 11.4 Å². The summed E-state index contributed by atoms with van der Waals surface area (Å²) in [7, 11) is 1.66. The molecule has 0 saturated heterocycles. The molecule has 94 valence electrons. The number of nitrogens with one attached hydrogen (secondary N) is 1. The first-order chi connectivity index (χ1) is 8.56. The van der Waals surface area contributed by atoms with Crippen LogP contribution in [0, 0.1) is 6.92 Å². The first kappa shape index (κ1) is 12.0. The van der Waals surface area contributed by atoms with E-state index in [1.165, 1.54) is 4.68 Å². The van der Waals surface area contributed by atoms with Gasteiger partial charge in [-0.2, -0.15) is 0 Å². The predicted octanol–water partition coefficient (Wildman–Crippen LogP) is 0.405. The first-order valence-electron chi connectivity index (χ1n) is 5.37. The third-order valence-electron chi connectivity index (χ3n) is 2.45. The Morgan fingerprint density at radius 1 is 1.50 bits per heavy atom. The molecule has 2 rings (SSSR count). The van der Waals surface area contributed by atoms with Gasteiger partial charge in [0.05, 0.1) is 12.1 Å². The molecule has 18 heavy (non-hydrogen) atoms. The molecule has 7 heteroatoms. The Balaban J connectivity index is 2.05. The van der Waals surface area contributed by atoms with E-state index < -0.39 is 0 Å². The number of rotatable bonds is 3. The molecule has 0 radical (unpaired) electrons. The summed E-state index contributed by atoms with van der Waals surface area (Å²) >= 11 is 0. The number of nitrogens with zero attached hydrogens (tertiary/aromatic N) is 4. The second kappa shape index (κ2) is 4.82. The molecule has 2 N–H and O–H groups in total. The number of carbonyl (C=O) groups excluding carboxylic acids is 1. The smallest absolute Gasteiger partial charge is 0.232 e. The lowest BCUT2D eigenvalue weighted by Crippen LogP contribution is -2.17. The van der Waals surface area contributed by atoms with Crippen molar-refractivity contribution in [3.05, 3.63) is 29.6 Å². The predicted molar refractivity (Wildman–Crippen MR) is 64.0 cm³/mol. The van der Waals surface area contributed by atoms with Crippen molar-refractivity contribution in [3.8, 4) is 5.75 Å². The third-order valence-corrected chi connectivity index (χ3v) is 2.45. The fourth-order valence-electron chi connectivity index (χ4n) is 1.48. The third kappa shape index (κ3) is 2.62. The number of amides is 1. The first-order valence-corrected chi connectivity index (χ1v) is 5.37. The molecule has 7 nitrogen and oxygen atoms in total. The Labute approximate surface area is 103 Å². The van der Waals surface area contributed by atoms with Crippen molar-refractivity contribution in [2.75, 3.05) is 5.32 Å². The number of hydrogen-bond donors (Lipinski definition) is 2. The number of aromatic nitrogens is 4. The molecule has 0 aliphatic heterocycles. The molecular weight excluding hydrogens is 234 g/mol. The van der Waals surface area contributed by atoms with Crippen molar-refractivity contribution in [1.29, 1.82) is 0 Å². The van der Waals surface area contributed by atoms with Gasteiger partial charge in [-0.25, -0.2) is 4.68 Å². The summed E-state index contributed by atoms with van der Waals surface area (Å²) in [6.07, 6.45) is 0.0524. The zero-order valence-corrected chi connectivity index (χ0v) is 10.1. The molecule has 0 aliphatic carbocycles. The minimum atomic E-state index is -0.285. The number of aromatic hydroxyl groups is 1. The Kier molecular flexibility index (Phi) is 3.22. The topological polar surface area (TPSA) is 92.9 Å². The lowest BCUT2D eigenvalue weighted by atomic mass is 10.2. The van der Waals surface area contributed by atoms with Crippen LogP contribution in [0.15, 0.2) is 18.2 Å². The molecule has 1 aromatic heterocycles. The van der Waals surface area contributed by atoms with Crippen LogP contribution in [0.2, 0.25) is 0 Å². The number of phenolic OH excluding ortho intramolecular Hbond substituents is 1. The van der Waals surface area contributed by atoms with E-state index in [2.05, 4.69) is 20.8 Å². The molecule has 0 bridgehead atoms. The summed E-state index contributed by atoms with van der Waals surface area (Å²) in [5.41, 5.74) is 1.30. The summed E-state index contributed by atoms with van der Waals surface area (Å²) in [5, 5.41) is 23.1. The highest BCUT2D eigenvalue weighted by atomic mass is 16.3. The van der Waals surface area contributed by atoms with Gasteiger partial charge in [-0.1, -0.05) is 6.07 Å². The quantitative estimate of drug-likeness (QED) is 0.766. The SMILES string of the molecule is Cc1ccc(NC(=O)Cc2nnnn2C)c(O)c1. The fraction of sp³-hybridized carbons (Fsp3) is 0.273. The Bertz CT molecular complexity index is 579. The second-order valence-corrected chi connectivity index (χ2v) is 3.96. The molecule has 0 atom stereocenters. The van der Waals surface area contributed by atoms with Crippen LogP contribution in [0.5, 0.6) is 5.75 Å². The van der Waals surface area contributed by atoms with Gasteiger partial charge < -0.3 is 10.4 Å². The number of hydrogen-bond acceptors (Lipinski definition) is 5. The Morgan fingerprint density at radius 3 is 2.89 bits per heavy atom. The fourth-order valence-corrected chi connectivity index (χ4v) is 1.48. The molecule has 0 spiro atoms. The van der Waals surface area contributed by atoms with Crippen LogP contribution < -0.4 is 5.32 Å². The van der Waals surface area contributed by atoms with Gasteiger partial charge in [0.1, 0.15) is 5.75 Å². The maximum Gasteiger partial charge on any atom is 0.232 e. The highest BCUT2D eigenvalue weighted by Gasteiger charge is 2.11. The van der Waals surface area contributed by atoms with Crippen LogP contribution in [0.25, 0.3) is 0 Å². The molecule has 1 amide bonds. The van der Waals surface area contributed by atoms with Crippen molar-refractivity contribution in [1.82, 2.24) is 20.2 Å². The van der Waals surface area contributed by atoms with Crippen molar-refractivity contribution in [2.24, 2.45) is 7.05 Å². The van der Waals surface area contributed by atoms with Crippen LogP contribution in [-0.4, -0.2) is 31.2 Å². The molecular formula is C11H13N5O2. The maximum absolute atomic E-state index is 11.7. The number of anilines is 1. The summed E-state index contributed by atoms with van der Waals surface area (Å²) in [4.78, 5) is 11.7. The van der Waals surface area contributed by atoms with Crippen molar-refractivity contribution in [2.45, 2.75) is 13.3 Å². The lowest BCUT2D eigenvalue weighted by Gasteiger charge is -2.07. The highest BCUT2D eigenvalue weighted by Crippen LogP contribution is 2.23. The number of carbonyl (C=O) groups is 1. The zero-order chi connectivity index (χ0) is 13.1. The standard InChI is InChI=1S/C11H13N5O2/c1-7-3-4-8(9(17)5-7)12-11(18)6-10-13-14-15-16(10)2/h3-5,17H,6H2,1-2H3,(H,12,18). The lowest BCUT2D eigenvalue weighted by molar-refractivity contribution is -0.115. The van der Waals surface area contributed by atoms with E-state index in [1.807, 2.05) is 6.92 Å². The van der Waals surface area contributed by atoms with E-state index in [4.69, 9.17) is 0 Å². The molecule has 0 unspecified atom stereocenters. The van der Waals surface area contributed by atoms with Crippen molar-refractivity contribution >= 4 is 11.6 Å². The van der Waals surface area contributed by atoms with Gasteiger partial charge in [-0.05, 0) is 35.0 Å². The maximum atomic E-state index is 11.7. The van der Waals surface area contributed by atoms with Crippen molar-refractivity contribution < 1.29 is 9.90 Å². The molecule has 2 aromatic rings. The largest absolute Gasteiger partial charge is 0.506 e. The minimum absolute atomic E-state index is 0.0411. The van der Waals surface area contributed by atoms with Crippen LogP contribution in [0.4, 0.5) is 5.69 Å². The summed E-state index contributed by atoms with van der Waals surface area (Å²) in [6, 6.07) is 5.04. The van der Waals surface area contributed by atoms with Gasteiger partial charge in [-0.15, -0.1) is 5.10 Å². The second-order valence-electron chi connectivity index (χ2n) is 3.96. The Hall–Kier alpha value is -2.44. The van der Waals surface area contributed by atoms with E-state index in [9.17, 15) is 9.90 Å². The average Bonchev–Trinajstić information content (AvgIpc) is 2.69. The Morgan fingerprint density at radius 2 is 2.28 bits per heavy atom. The van der Waals surface area contributed by atoms with E-state index in [1.54, 1.807) is 25.2 Å². The van der Waals surface area contributed by atoms with E-state index in [-0.39, 0.29) is 18.1 Å². The van der Waals surface area contributed by atoms with Crippen LogP contribution in [0.3, 0.4) is 0 Å². The van der Waals surface area contributed by atoms with E-state index >= 15 is 0 Å². The van der Waals surface area contributed by atoms with Gasteiger partial charge in [0.15, 0.2) is 5.82 Å². The average molecular weight is 247 g/mol. The normalized spacial score (nSPS) is 10.3. The van der Waals surface area contributed by atoms with Gasteiger partial charge in [0.2, 0.25) is 5.91 Å². The van der Waals surface area contributed by atoms with E-state index in [0.717, 1.165) is 5.56 Å². The van der Waals surface area contributed by atoms with Gasteiger partial charge in [0, 0.05) is 7.05 Å². The number of aryl methyl sites for hydroxylation is 2. The highest BCUT2D eigenvalue weighted by molar-refractivity contribution is 5.93. The molecule has 0 aliphatic rings. The molecule has 1 heterocycles. The minimum Gasteiger partial charge on any atom is -0.506 e. The molecule has 1 aromatic carbocycles. The van der Waals surface area contributed by atoms with Crippen LogP contribution in [-0.2, 0) is 18.3 Å².